The maximum Gasteiger partial charge on any atom is 0.313 e. The van der Waals surface area contributed by atoms with E-state index in [4.69, 9.17) is 4.74 Å². The van der Waals surface area contributed by atoms with Crippen LogP contribution in [0.4, 0.5) is 5.69 Å². The van der Waals surface area contributed by atoms with Gasteiger partial charge in [-0.05, 0) is 46.4 Å². The molecule has 162 valence electrons. The Morgan fingerprint density at radius 2 is 1.66 bits per heavy atom. The predicted molar refractivity (Wildman–Crippen MR) is 125 cm³/mol. The molecule has 0 atom stereocenters. The Balaban J connectivity index is 1.76. The molecule has 32 heavy (non-hydrogen) atoms. The first kappa shape index (κ1) is 21.2. The van der Waals surface area contributed by atoms with E-state index >= 15 is 0 Å². The third-order valence-electron chi connectivity index (χ3n) is 5.48. The van der Waals surface area contributed by atoms with Crippen LogP contribution in [0.1, 0.15) is 26.3 Å². The predicted octanol–water partition coefficient (Wildman–Crippen LogP) is 5.27. The van der Waals surface area contributed by atoms with Gasteiger partial charge in [-0.2, -0.15) is 0 Å². The summed E-state index contributed by atoms with van der Waals surface area (Å²) in [4.78, 5) is 28.3. The quantitative estimate of drug-likeness (QED) is 0.326. The van der Waals surface area contributed by atoms with Crippen LogP contribution in [0.2, 0.25) is 0 Å². The van der Waals surface area contributed by atoms with Gasteiger partial charge in [0.05, 0.1) is 28.6 Å². The molecule has 0 radical (unpaired) electrons. The fourth-order valence-electron chi connectivity index (χ4n) is 3.62. The maximum absolute atomic E-state index is 13.1. The number of nitro benzene ring substituents is 1. The van der Waals surface area contributed by atoms with Crippen LogP contribution in [0.3, 0.4) is 0 Å². The van der Waals surface area contributed by atoms with Crippen LogP contribution in [-0.2, 0) is 5.41 Å². The molecule has 4 rings (SSSR count). The number of methoxy groups -OCH3 is 1. The second-order valence-corrected chi connectivity index (χ2v) is 8.59. The van der Waals surface area contributed by atoms with Crippen molar-refractivity contribution in [3.05, 3.63) is 93.0 Å². The van der Waals surface area contributed by atoms with Gasteiger partial charge >= 0.3 is 5.69 Å². The van der Waals surface area contributed by atoms with Crippen molar-refractivity contribution in [2.45, 2.75) is 26.2 Å². The van der Waals surface area contributed by atoms with E-state index in [9.17, 15) is 14.9 Å². The molecule has 4 aromatic rings. The average molecular weight is 429 g/mol. The molecule has 3 aromatic carbocycles. The molecule has 0 amide bonds. The summed E-state index contributed by atoms with van der Waals surface area (Å²) >= 11 is 0. The van der Waals surface area contributed by atoms with Gasteiger partial charge in [-0.1, -0.05) is 51.1 Å². The van der Waals surface area contributed by atoms with Gasteiger partial charge < -0.3 is 4.74 Å². The molecular weight excluding hydrogens is 406 g/mol. The molecule has 0 spiro atoms. The van der Waals surface area contributed by atoms with E-state index in [0.29, 0.717) is 16.6 Å². The highest BCUT2D eigenvalue weighted by molar-refractivity contribution is 5.83. The number of nitro groups is 1. The van der Waals surface area contributed by atoms with E-state index in [-0.39, 0.29) is 22.4 Å². The average Bonchev–Trinajstić information content (AvgIpc) is 2.78. The maximum atomic E-state index is 13.1. The van der Waals surface area contributed by atoms with E-state index in [1.807, 2.05) is 12.1 Å². The minimum absolute atomic E-state index is 0.0745. The zero-order valence-corrected chi connectivity index (χ0v) is 18.3. The monoisotopic (exact) mass is 429 g/mol. The van der Waals surface area contributed by atoms with Crippen LogP contribution in [0.15, 0.2) is 71.8 Å². The van der Waals surface area contributed by atoms with Crippen LogP contribution >= 0.6 is 0 Å². The lowest BCUT2D eigenvalue weighted by Gasteiger charge is -2.19. The first-order chi connectivity index (χ1) is 15.2. The summed E-state index contributed by atoms with van der Waals surface area (Å²) < 4.78 is 6.33. The fraction of sp³-hybridized carbons (Fsp3) is 0.200. The lowest BCUT2D eigenvalue weighted by molar-refractivity contribution is -0.385. The van der Waals surface area contributed by atoms with Crippen LogP contribution in [0.25, 0.3) is 27.7 Å². The van der Waals surface area contributed by atoms with Crippen LogP contribution in [0, 0.1) is 10.1 Å². The number of hydrogen-bond acceptors (Lipinski definition) is 5. The van der Waals surface area contributed by atoms with E-state index in [1.54, 1.807) is 12.1 Å². The lowest BCUT2D eigenvalue weighted by Crippen LogP contribution is -2.19. The third-order valence-corrected chi connectivity index (χ3v) is 5.48. The summed E-state index contributed by atoms with van der Waals surface area (Å²) in [7, 11) is 1.36. The Kier molecular flexibility index (Phi) is 5.26. The molecule has 0 saturated carbocycles. The second kappa shape index (κ2) is 7.92. The van der Waals surface area contributed by atoms with Gasteiger partial charge in [0.15, 0.2) is 5.75 Å². The molecule has 0 bridgehead atoms. The summed E-state index contributed by atoms with van der Waals surface area (Å²) in [6, 6.07) is 18.2. The Labute approximate surface area is 185 Å². The van der Waals surface area contributed by atoms with E-state index in [2.05, 4.69) is 50.0 Å². The topological polar surface area (TPSA) is 87.3 Å². The molecule has 0 aliphatic carbocycles. The summed E-state index contributed by atoms with van der Waals surface area (Å²) in [6.45, 7) is 6.51. The molecule has 1 aromatic heterocycles. The lowest BCUT2D eigenvalue weighted by atomic mass is 9.86. The Morgan fingerprint density at radius 3 is 2.28 bits per heavy atom. The highest BCUT2D eigenvalue weighted by atomic mass is 16.6. The molecule has 7 nitrogen and oxygen atoms in total. The van der Waals surface area contributed by atoms with Crippen molar-refractivity contribution >= 4 is 16.6 Å². The number of ether oxygens (including phenoxy) is 1. The van der Waals surface area contributed by atoms with Gasteiger partial charge in [0.25, 0.3) is 5.56 Å². The highest BCUT2D eigenvalue weighted by Gasteiger charge is 2.17. The third kappa shape index (κ3) is 3.85. The molecular formula is C25H23N3O4. The molecule has 0 fully saturated rings. The van der Waals surface area contributed by atoms with E-state index in [1.165, 1.54) is 35.7 Å². The summed E-state index contributed by atoms with van der Waals surface area (Å²) in [5, 5.41) is 11.8. The molecule has 0 aliphatic rings. The van der Waals surface area contributed by atoms with Crippen LogP contribution in [0.5, 0.6) is 5.75 Å². The smallest absolute Gasteiger partial charge is 0.313 e. The largest absolute Gasteiger partial charge is 0.490 e. The molecule has 0 N–H and O–H groups in total. The Bertz CT molecular complexity index is 1380. The molecule has 0 saturated heterocycles. The first-order valence-electron chi connectivity index (χ1n) is 10.1. The standard InChI is InChI=1S/C25H23N3O4/c1-25(2,3)18-8-5-16(6-9-18)17-7-11-20-21(13-17)26-15-27(24(20)29)19-10-12-23(32-4)22(14-19)28(30)31/h5-15H,1-4H3. The minimum atomic E-state index is -0.543. The van der Waals surface area contributed by atoms with Crippen molar-refractivity contribution in [2.24, 2.45) is 0 Å². The molecule has 1 heterocycles. The van der Waals surface area contributed by atoms with Gasteiger partial charge in [-0.25, -0.2) is 4.98 Å². The Morgan fingerprint density at radius 1 is 0.969 bits per heavy atom. The van der Waals surface area contributed by atoms with Crippen molar-refractivity contribution in [3.8, 4) is 22.6 Å². The van der Waals surface area contributed by atoms with Crippen molar-refractivity contribution < 1.29 is 9.66 Å². The number of benzene rings is 3. The summed E-state index contributed by atoms with van der Waals surface area (Å²) in [6.07, 6.45) is 1.39. The van der Waals surface area contributed by atoms with Crippen molar-refractivity contribution in [3.63, 3.8) is 0 Å². The number of aromatic nitrogens is 2. The van der Waals surface area contributed by atoms with Crippen LogP contribution < -0.4 is 10.3 Å². The zero-order chi connectivity index (χ0) is 23.0. The normalized spacial score (nSPS) is 11.5. The SMILES string of the molecule is COc1ccc(-n2cnc3cc(-c4ccc(C(C)(C)C)cc4)ccc3c2=O)cc1[N+](=O)[O-]. The fourth-order valence-corrected chi connectivity index (χ4v) is 3.62. The molecule has 0 unspecified atom stereocenters. The van der Waals surface area contributed by atoms with Gasteiger partial charge in [-0.15, -0.1) is 0 Å². The van der Waals surface area contributed by atoms with E-state index < -0.39 is 4.92 Å². The van der Waals surface area contributed by atoms with Crippen molar-refractivity contribution in [1.82, 2.24) is 9.55 Å². The highest BCUT2D eigenvalue weighted by Crippen LogP contribution is 2.29. The number of fused-ring (bicyclic) bond motifs is 1. The molecule has 0 aliphatic heterocycles. The summed E-state index contributed by atoms with van der Waals surface area (Å²) in [5.74, 6) is 0.127. The van der Waals surface area contributed by atoms with Gasteiger partial charge in [0.2, 0.25) is 0 Å². The first-order valence-corrected chi connectivity index (χ1v) is 10.1. The van der Waals surface area contributed by atoms with E-state index in [0.717, 1.165) is 11.1 Å². The molecule has 7 heteroatoms. The number of nitrogens with zero attached hydrogens (tertiary/aromatic N) is 3. The zero-order valence-electron chi connectivity index (χ0n) is 18.3. The van der Waals surface area contributed by atoms with Gasteiger partial charge in [0, 0.05) is 6.07 Å². The number of rotatable bonds is 4. The van der Waals surface area contributed by atoms with Crippen molar-refractivity contribution in [2.75, 3.05) is 7.11 Å². The minimum Gasteiger partial charge on any atom is -0.490 e. The van der Waals surface area contributed by atoms with Gasteiger partial charge in [-0.3, -0.25) is 19.5 Å². The Hall–Kier alpha value is -4.00. The number of hydrogen-bond donors (Lipinski definition) is 0. The second-order valence-electron chi connectivity index (χ2n) is 8.59. The summed E-state index contributed by atoms with van der Waals surface area (Å²) in [5.41, 5.74) is 3.71. The van der Waals surface area contributed by atoms with Gasteiger partial charge in [0.1, 0.15) is 6.33 Å². The van der Waals surface area contributed by atoms with Crippen molar-refractivity contribution in [1.29, 1.82) is 0 Å². The van der Waals surface area contributed by atoms with Crippen LogP contribution in [-0.4, -0.2) is 21.6 Å².